The molecule has 1 aromatic rings. The summed E-state index contributed by atoms with van der Waals surface area (Å²) in [4.78, 5) is 0.958. The SMILES string of the molecule is NCCCCSc1ccccc1O. The molecule has 0 unspecified atom stereocenters. The first-order chi connectivity index (χ1) is 6.34. The maximum atomic E-state index is 9.42. The van der Waals surface area contributed by atoms with E-state index in [4.69, 9.17) is 5.73 Å². The van der Waals surface area contributed by atoms with E-state index >= 15 is 0 Å². The van der Waals surface area contributed by atoms with Crippen LogP contribution in [0.3, 0.4) is 0 Å². The van der Waals surface area contributed by atoms with Crippen LogP contribution >= 0.6 is 11.8 Å². The van der Waals surface area contributed by atoms with E-state index in [9.17, 15) is 5.11 Å². The van der Waals surface area contributed by atoms with Gasteiger partial charge in [0.15, 0.2) is 0 Å². The summed E-state index contributed by atoms with van der Waals surface area (Å²) >= 11 is 1.68. The molecule has 0 saturated heterocycles. The zero-order valence-corrected chi connectivity index (χ0v) is 8.39. The molecule has 3 heteroatoms. The minimum atomic E-state index is 0.375. The molecule has 1 aromatic carbocycles. The van der Waals surface area contributed by atoms with Crippen LogP contribution in [0.25, 0.3) is 0 Å². The van der Waals surface area contributed by atoms with Gasteiger partial charge in [0, 0.05) is 4.90 Å². The van der Waals surface area contributed by atoms with Crippen LogP contribution in [-0.2, 0) is 0 Å². The molecule has 0 aromatic heterocycles. The van der Waals surface area contributed by atoms with E-state index in [0.717, 1.165) is 30.0 Å². The van der Waals surface area contributed by atoms with E-state index < -0.39 is 0 Å². The van der Waals surface area contributed by atoms with Crippen LogP contribution in [0.15, 0.2) is 29.2 Å². The van der Waals surface area contributed by atoms with Gasteiger partial charge in [-0.1, -0.05) is 12.1 Å². The van der Waals surface area contributed by atoms with Gasteiger partial charge in [-0.15, -0.1) is 11.8 Å². The standard InChI is InChI=1S/C10H15NOS/c11-7-3-4-8-13-10-6-2-1-5-9(10)12/h1-2,5-6,12H,3-4,7-8,11H2. The van der Waals surface area contributed by atoms with Gasteiger partial charge in [-0.05, 0) is 37.3 Å². The number of unbranched alkanes of at least 4 members (excludes halogenated alkanes) is 1. The van der Waals surface area contributed by atoms with Crippen LogP contribution in [0, 0.1) is 0 Å². The smallest absolute Gasteiger partial charge is 0.129 e. The Bertz CT molecular complexity index is 252. The number of aromatic hydroxyl groups is 1. The van der Waals surface area contributed by atoms with Gasteiger partial charge >= 0.3 is 0 Å². The topological polar surface area (TPSA) is 46.2 Å². The van der Waals surface area contributed by atoms with Crippen molar-refractivity contribution in [3.8, 4) is 5.75 Å². The average molecular weight is 197 g/mol. The van der Waals surface area contributed by atoms with Crippen LogP contribution in [0.5, 0.6) is 5.75 Å². The van der Waals surface area contributed by atoms with Crippen molar-refractivity contribution in [3.05, 3.63) is 24.3 Å². The van der Waals surface area contributed by atoms with Gasteiger partial charge in [0.1, 0.15) is 5.75 Å². The van der Waals surface area contributed by atoms with Crippen molar-refractivity contribution in [2.75, 3.05) is 12.3 Å². The molecule has 0 aliphatic heterocycles. The van der Waals surface area contributed by atoms with E-state index in [0.29, 0.717) is 5.75 Å². The molecule has 0 atom stereocenters. The number of benzene rings is 1. The summed E-state index contributed by atoms with van der Waals surface area (Å²) in [6.07, 6.45) is 2.16. The predicted octanol–water partition coefficient (Wildman–Crippen LogP) is 2.22. The van der Waals surface area contributed by atoms with E-state index in [2.05, 4.69) is 0 Å². The quantitative estimate of drug-likeness (QED) is 0.562. The average Bonchev–Trinajstić information content (AvgIpc) is 2.15. The number of phenols is 1. The summed E-state index contributed by atoms with van der Waals surface area (Å²) in [5, 5.41) is 9.42. The highest BCUT2D eigenvalue weighted by Crippen LogP contribution is 2.27. The Kier molecular flexibility index (Phi) is 4.72. The third kappa shape index (κ3) is 3.70. The van der Waals surface area contributed by atoms with Gasteiger partial charge < -0.3 is 10.8 Å². The van der Waals surface area contributed by atoms with Crippen molar-refractivity contribution in [2.45, 2.75) is 17.7 Å². The molecule has 0 bridgehead atoms. The third-order valence-electron chi connectivity index (χ3n) is 1.72. The summed E-state index contributed by atoms with van der Waals surface area (Å²) in [7, 11) is 0. The van der Waals surface area contributed by atoms with Crippen molar-refractivity contribution in [3.63, 3.8) is 0 Å². The van der Waals surface area contributed by atoms with E-state index in [1.807, 2.05) is 18.2 Å². The summed E-state index contributed by atoms with van der Waals surface area (Å²) in [6, 6.07) is 7.41. The monoisotopic (exact) mass is 197 g/mol. The lowest BCUT2D eigenvalue weighted by Crippen LogP contribution is -1.98. The fourth-order valence-electron chi connectivity index (χ4n) is 1.01. The molecule has 0 radical (unpaired) electrons. The van der Waals surface area contributed by atoms with E-state index in [-0.39, 0.29) is 0 Å². The van der Waals surface area contributed by atoms with Crippen LogP contribution in [0.2, 0.25) is 0 Å². The normalized spacial score (nSPS) is 10.2. The first-order valence-corrected chi connectivity index (χ1v) is 5.44. The summed E-state index contributed by atoms with van der Waals surface area (Å²) < 4.78 is 0. The Labute approximate surface area is 83.1 Å². The van der Waals surface area contributed by atoms with Crippen molar-refractivity contribution >= 4 is 11.8 Å². The van der Waals surface area contributed by atoms with Crippen molar-refractivity contribution in [1.29, 1.82) is 0 Å². The Morgan fingerprint density at radius 1 is 1.23 bits per heavy atom. The first kappa shape index (κ1) is 10.4. The van der Waals surface area contributed by atoms with Gasteiger partial charge in [-0.25, -0.2) is 0 Å². The molecule has 0 aliphatic rings. The molecule has 3 N–H and O–H groups in total. The zero-order valence-electron chi connectivity index (χ0n) is 7.57. The van der Waals surface area contributed by atoms with E-state index in [1.54, 1.807) is 17.8 Å². The molecule has 1 rings (SSSR count). The Balaban J connectivity index is 2.32. The minimum absolute atomic E-state index is 0.375. The molecular weight excluding hydrogens is 182 g/mol. The molecule has 0 saturated carbocycles. The maximum absolute atomic E-state index is 9.42. The second kappa shape index (κ2) is 5.89. The number of hydrogen-bond acceptors (Lipinski definition) is 3. The lowest BCUT2D eigenvalue weighted by molar-refractivity contribution is 0.462. The summed E-state index contributed by atoms with van der Waals surface area (Å²) in [5.41, 5.74) is 5.38. The molecular formula is C10H15NOS. The van der Waals surface area contributed by atoms with Crippen LogP contribution in [-0.4, -0.2) is 17.4 Å². The summed E-state index contributed by atoms with van der Waals surface area (Å²) in [6.45, 7) is 0.751. The Morgan fingerprint density at radius 3 is 2.69 bits per heavy atom. The number of hydrogen-bond donors (Lipinski definition) is 2. The van der Waals surface area contributed by atoms with Gasteiger partial charge in [-0.2, -0.15) is 0 Å². The second-order valence-corrected chi connectivity index (χ2v) is 3.95. The second-order valence-electron chi connectivity index (χ2n) is 2.81. The highest BCUT2D eigenvalue weighted by atomic mass is 32.2. The fourth-order valence-corrected chi connectivity index (χ4v) is 1.97. The van der Waals surface area contributed by atoms with Gasteiger partial charge in [-0.3, -0.25) is 0 Å². The van der Waals surface area contributed by atoms with Crippen LogP contribution in [0.1, 0.15) is 12.8 Å². The van der Waals surface area contributed by atoms with Crippen LogP contribution < -0.4 is 5.73 Å². The van der Waals surface area contributed by atoms with Crippen molar-refractivity contribution in [1.82, 2.24) is 0 Å². The Hall–Kier alpha value is -0.670. The number of nitrogens with two attached hydrogens (primary N) is 1. The van der Waals surface area contributed by atoms with E-state index in [1.165, 1.54) is 0 Å². The molecule has 13 heavy (non-hydrogen) atoms. The number of thioether (sulfide) groups is 1. The largest absolute Gasteiger partial charge is 0.507 e. The number of rotatable bonds is 5. The zero-order chi connectivity index (χ0) is 9.52. The lowest BCUT2D eigenvalue weighted by Gasteiger charge is -2.02. The first-order valence-electron chi connectivity index (χ1n) is 4.45. The Morgan fingerprint density at radius 2 is 2.00 bits per heavy atom. The molecule has 72 valence electrons. The van der Waals surface area contributed by atoms with Crippen molar-refractivity contribution in [2.24, 2.45) is 5.73 Å². The molecule has 0 heterocycles. The van der Waals surface area contributed by atoms with Gasteiger partial charge in [0.2, 0.25) is 0 Å². The maximum Gasteiger partial charge on any atom is 0.129 e. The van der Waals surface area contributed by atoms with Crippen molar-refractivity contribution < 1.29 is 5.11 Å². The molecule has 0 aliphatic carbocycles. The van der Waals surface area contributed by atoms with Crippen LogP contribution in [0.4, 0.5) is 0 Å². The highest BCUT2D eigenvalue weighted by Gasteiger charge is 1.98. The molecule has 2 nitrogen and oxygen atoms in total. The number of para-hydroxylation sites is 1. The molecule has 0 fully saturated rings. The fraction of sp³-hybridized carbons (Fsp3) is 0.400. The molecule has 0 spiro atoms. The predicted molar refractivity (Wildman–Crippen MR) is 57.1 cm³/mol. The third-order valence-corrected chi connectivity index (χ3v) is 2.87. The lowest BCUT2D eigenvalue weighted by atomic mass is 10.3. The summed E-state index contributed by atoms with van der Waals surface area (Å²) in [5.74, 6) is 1.40. The highest BCUT2D eigenvalue weighted by molar-refractivity contribution is 7.99. The number of phenolic OH excluding ortho intramolecular Hbond substituents is 1. The van der Waals surface area contributed by atoms with Gasteiger partial charge in [0.05, 0.1) is 0 Å². The minimum Gasteiger partial charge on any atom is -0.507 e. The van der Waals surface area contributed by atoms with Gasteiger partial charge in [0.25, 0.3) is 0 Å². The molecule has 0 amide bonds.